The lowest BCUT2D eigenvalue weighted by atomic mass is 10.2. The molecule has 0 aliphatic carbocycles. The highest BCUT2D eigenvalue weighted by atomic mass is 35.5. The number of aromatic nitrogens is 2. The molecule has 3 nitrogen and oxygen atoms in total. The zero-order valence-corrected chi connectivity index (χ0v) is 11.5. The van der Waals surface area contributed by atoms with Crippen molar-refractivity contribution in [3.63, 3.8) is 0 Å². The van der Waals surface area contributed by atoms with Crippen LogP contribution in [0.15, 0.2) is 0 Å². The summed E-state index contributed by atoms with van der Waals surface area (Å²) in [4.78, 5) is 0. The van der Waals surface area contributed by atoms with Crippen LogP contribution in [-0.2, 0) is 19.5 Å². The molecule has 1 N–H and O–H groups in total. The SMILES string of the molecule is C#CC(CC)NCc1c(Cl)c(CC)nn1CC. The van der Waals surface area contributed by atoms with E-state index in [2.05, 4.69) is 37.1 Å². The van der Waals surface area contributed by atoms with Gasteiger partial charge in [0, 0.05) is 13.1 Å². The molecular formula is C13H20ClN3. The molecule has 4 heteroatoms. The van der Waals surface area contributed by atoms with E-state index in [1.165, 1.54) is 0 Å². The molecule has 1 aromatic rings. The minimum atomic E-state index is 0.0938. The van der Waals surface area contributed by atoms with Crippen LogP contribution in [0.2, 0.25) is 5.02 Å². The van der Waals surface area contributed by atoms with Gasteiger partial charge < -0.3 is 0 Å². The van der Waals surface area contributed by atoms with Gasteiger partial charge in [0.05, 0.1) is 22.5 Å². The van der Waals surface area contributed by atoms with Crippen molar-refractivity contribution in [2.45, 2.75) is 52.7 Å². The molecule has 94 valence electrons. The summed E-state index contributed by atoms with van der Waals surface area (Å²) in [5.41, 5.74) is 1.98. The largest absolute Gasteiger partial charge is 0.298 e. The van der Waals surface area contributed by atoms with Gasteiger partial charge in [-0.05, 0) is 19.8 Å². The summed E-state index contributed by atoms with van der Waals surface area (Å²) in [5, 5.41) is 8.55. The average Bonchev–Trinajstić information content (AvgIpc) is 2.67. The molecular weight excluding hydrogens is 234 g/mol. The first kappa shape index (κ1) is 14.1. The highest BCUT2D eigenvalue weighted by Crippen LogP contribution is 2.21. The van der Waals surface area contributed by atoms with E-state index in [4.69, 9.17) is 18.0 Å². The Morgan fingerprint density at radius 2 is 2.18 bits per heavy atom. The summed E-state index contributed by atoms with van der Waals surface area (Å²) in [7, 11) is 0. The van der Waals surface area contributed by atoms with Crippen LogP contribution in [0.4, 0.5) is 0 Å². The van der Waals surface area contributed by atoms with Gasteiger partial charge in [0.1, 0.15) is 0 Å². The fourth-order valence-electron chi connectivity index (χ4n) is 1.73. The molecule has 1 unspecified atom stereocenters. The van der Waals surface area contributed by atoms with E-state index in [0.29, 0.717) is 6.54 Å². The predicted octanol–water partition coefficient (Wildman–Crippen LogP) is 2.62. The molecule has 0 radical (unpaired) electrons. The fraction of sp³-hybridized carbons (Fsp3) is 0.615. The van der Waals surface area contributed by atoms with Gasteiger partial charge in [-0.3, -0.25) is 10.00 Å². The Balaban J connectivity index is 2.83. The monoisotopic (exact) mass is 253 g/mol. The molecule has 0 aliphatic heterocycles. The Hall–Kier alpha value is -0.980. The van der Waals surface area contributed by atoms with E-state index in [0.717, 1.165) is 35.8 Å². The van der Waals surface area contributed by atoms with Gasteiger partial charge in [0.25, 0.3) is 0 Å². The Morgan fingerprint density at radius 3 is 2.65 bits per heavy atom. The molecule has 1 rings (SSSR count). The molecule has 17 heavy (non-hydrogen) atoms. The van der Waals surface area contributed by atoms with Gasteiger partial charge in [-0.1, -0.05) is 31.4 Å². The number of halogens is 1. The van der Waals surface area contributed by atoms with Crippen molar-refractivity contribution in [1.29, 1.82) is 0 Å². The molecule has 1 aromatic heterocycles. The maximum atomic E-state index is 6.30. The maximum Gasteiger partial charge on any atom is 0.0863 e. The lowest BCUT2D eigenvalue weighted by Crippen LogP contribution is -2.27. The Bertz CT molecular complexity index is 404. The van der Waals surface area contributed by atoms with Gasteiger partial charge >= 0.3 is 0 Å². The second kappa shape index (κ2) is 6.68. The van der Waals surface area contributed by atoms with E-state index in [-0.39, 0.29) is 6.04 Å². The topological polar surface area (TPSA) is 29.9 Å². The minimum Gasteiger partial charge on any atom is -0.298 e. The number of aryl methyl sites for hydroxylation is 2. The first-order chi connectivity index (χ1) is 8.17. The molecule has 0 fully saturated rings. The summed E-state index contributed by atoms with van der Waals surface area (Å²) in [6, 6.07) is 0.0938. The van der Waals surface area contributed by atoms with Crippen molar-refractivity contribution in [3.05, 3.63) is 16.4 Å². The molecule has 0 bridgehead atoms. The van der Waals surface area contributed by atoms with Crippen LogP contribution in [0.25, 0.3) is 0 Å². The summed E-state index contributed by atoms with van der Waals surface area (Å²) >= 11 is 6.30. The van der Waals surface area contributed by atoms with Crippen molar-refractivity contribution in [3.8, 4) is 12.3 Å². The lowest BCUT2D eigenvalue weighted by molar-refractivity contribution is 0.543. The minimum absolute atomic E-state index is 0.0938. The molecule has 0 saturated carbocycles. The third kappa shape index (κ3) is 3.24. The van der Waals surface area contributed by atoms with Crippen LogP contribution >= 0.6 is 11.6 Å². The average molecular weight is 254 g/mol. The van der Waals surface area contributed by atoms with Crippen molar-refractivity contribution in [2.75, 3.05) is 0 Å². The smallest absolute Gasteiger partial charge is 0.0863 e. The number of terminal acetylenes is 1. The first-order valence-electron chi connectivity index (χ1n) is 6.11. The number of rotatable bonds is 6. The third-order valence-corrected chi connectivity index (χ3v) is 3.26. The summed E-state index contributed by atoms with van der Waals surface area (Å²) in [6.07, 6.45) is 7.18. The van der Waals surface area contributed by atoms with Gasteiger partial charge in [-0.15, -0.1) is 6.42 Å². The number of nitrogens with zero attached hydrogens (tertiary/aromatic N) is 2. The van der Waals surface area contributed by atoms with Crippen molar-refractivity contribution in [1.82, 2.24) is 15.1 Å². The summed E-state index contributed by atoms with van der Waals surface area (Å²) in [5.74, 6) is 2.72. The quantitative estimate of drug-likeness (QED) is 0.790. The zero-order chi connectivity index (χ0) is 12.8. The Morgan fingerprint density at radius 1 is 1.47 bits per heavy atom. The van der Waals surface area contributed by atoms with E-state index in [1.807, 2.05) is 4.68 Å². The van der Waals surface area contributed by atoms with E-state index < -0.39 is 0 Å². The Labute approximate surface area is 109 Å². The maximum absolute atomic E-state index is 6.30. The van der Waals surface area contributed by atoms with Crippen LogP contribution in [0.3, 0.4) is 0 Å². The van der Waals surface area contributed by atoms with Gasteiger partial charge in [0.15, 0.2) is 0 Å². The molecule has 0 spiro atoms. The summed E-state index contributed by atoms with van der Waals surface area (Å²) in [6.45, 7) is 7.67. The van der Waals surface area contributed by atoms with E-state index in [9.17, 15) is 0 Å². The molecule has 0 saturated heterocycles. The van der Waals surface area contributed by atoms with Gasteiger partial charge in [-0.25, -0.2) is 0 Å². The van der Waals surface area contributed by atoms with Crippen LogP contribution in [0, 0.1) is 12.3 Å². The lowest BCUT2D eigenvalue weighted by Gasteiger charge is -2.11. The predicted molar refractivity (Wildman–Crippen MR) is 72.0 cm³/mol. The number of nitrogens with one attached hydrogen (secondary N) is 1. The van der Waals surface area contributed by atoms with Gasteiger partial charge in [0.2, 0.25) is 0 Å². The van der Waals surface area contributed by atoms with Crippen LogP contribution in [-0.4, -0.2) is 15.8 Å². The number of hydrogen-bond donors (Lipinski definition) is 1. The first-order valence-corrected chi connectivity index (χ1v) is 6.49. The normalized spacial score (nSPS) is 12.4. The fourth-order valence-corrected chi connectivity index (χ4v) is 2.06. The molecule has 0 aromatic carbocycles. The van der Waals surface area contributed by atoms with Gasteiger partial charge in [-0.2, -0.15) is 5.10 Å². The van der Waals surface area contributed by atoms with Crippen molar-refractivity contribution in [2.24, 2.45) is 0 Å². The van der Waals surface area contributed by atoms with Crippen LogP contribution in [0.5, 0.6) is 0 Å². The second-order valence-electron chi connectivity index (χ2n) is 3.89. The van der Waals surface area contributed by atoms with Crippen molar-refractivity contribution < 1.29 is 0 Å². The highest BCUT2D eigenvalue weighted by Gasteiger charge is 2.14. The zero-order valence-electron chi connectivity index (χ0n) is 10.8. The van der Waals surface area contributed by atoms with E-state index in [1.54, 1.807) is 0 Å². The molecule has 1 heterocycles. The summed E-state index contributed by atoms with van der Waals surface area (Å²) < 4.78 is 1.94. The second-order valence-corrected chi connectivity index (χ2v) is 4.26. The number of hydrogen-bond acceptors (Lipinski definition) is 2. The molecule has 1 atom stereocenters. The third-order valence-electron chi connectivity index (χ3n) is 2.82. The molecule has 0 amide bonds. The van der Waals surface area contributed by atoms with Crippen LogP contribution < -0.4 is 5.32 Å². The van der Waals surface area contributed by atoms with Crippen molar-refractivity contribution >= 4 is 11.6 Å². The Kier molecular flexibility index (Phi) is 5.54. The highest BCUT2D eigenvalue weighted by molar-refractivity contribution is 6.31. The standard InChI is InChI=1S/C13H20ClN3/c1-5-10(6-2)15-9-12-13(14)11(7-3)16-17(12)8-4/h1,10,15H,6-9H2,2-4H3. The van der Waals surface area contributed by atoms with Crippen LogP contribution in [0.1, 0.15) is 38.6 Å². The van der Waals surface area contributed by atoms with E-state index >= 15 is 0 Å². The molecule has 0 aliphatic rings.